The van der Waals surface area contributed by atoms with E-state index in [4.69, 9.17) is 4.74 Å². The first-order valence-corrected chi connectivity index (χ1v) is 11.3. The molecule has 1 aliphatic rings. The maximum atomic E-state index is 12.4. The molecule has 7 nitrogen and oxygen atoms in total. The van der Waals surface area contributed by atoms with Crippen LogP contribution in [0.1, 0.15) is 5.56 Å². The molecule has 0 bridgehead atoms. The van der Waals surface area contributed by atoms with Gasteiger partial charge in [-0.05, 0) is 6.07 Å². The number of methoxy groups -OCH3 is 1. The van der Waals surface area contributed by atoms with Crippen molar-refractivity contribution in [1.82, 2.24) is 14.5 Å². The third kappa shape index (κ3) is 5.78. The van der Waals surface area contributed by atoms with E-state index in [1.807, 2.05) is 36.2 Å². The molecule has 1 aromatic rings. The molecule has 0 unspecified atom stereocenters. The molecule has 0 atom stereocenters. The van der Waals surface area contributed by atoms with Gasteiger partial charge in [-0.3, -0.25) is 4.99 Å². The van der Waals surface area contributed by atoms with E-state index in [0.717, 1.165) is 22.8 Å². The van der Waals surface area contributed by atoms with Gasteiger partial charge in [0.2, 0.25) is 10.0 Å². The van der Waals surface area contributed by atoms with Crippen LogP contribution in [0.5, 0.6) is 5.75 Å². The first-order chi connectivity index (χ1) is 12.5. The number of rotatable bonds is 7. The Balaban J connectivity index is 1.88. The number of hydrogen-bond acceptors (Lipinski definition) is 5. The van der Waals surface area contributed by atoms with Gasteiger partial charge >= 0.3 is 0 Å². The van der Waals surface area contributed by atoms with Gasteiger partial charge in [-0.25, -0.2) is 12.7 Å². The van der Waals surface area contributed by atoms with Crippen LogP contribution in [0, 0.1) is 0 Å². The van der Waals surface area contributed by atoms with Gasteiger partial charge in [0.25, 0.3) is 0 Å². The molecule has 146 valence electrons. The van der Waals surface area contributed by atoms with Crippen LogP contribution >= 0.6 is 11.8 Å². The summed E-state index contributed by atoms with van der Waals surface area (Å²) in [7, 11) is 2.04. The van der Waals surface area contributed by atoms with E-state index >= 15 is 0 Å². The van der Waals surface area contributed by atoms with Crippen LogP contribution in [0.15, 0.2) is 29.3 Å². The van der Waals surface area contributed by atoms with Crippen molar-refractivity contribution >= 4 is 27.7 Å². The minimum atomic E-state index is -3.22. The maximum absolute atomic E-state index is 12.4. The average molecular weight is 401 g/mol. The van der Waals surface area contributed by atoms with Crippen molar-refractivity contribution in [3.05, 3.63) is 29.8 Å². The zero-order valence-electron chi connectivity index (χ0n) is 15.6. The van der Waals surface area contributed by atoms with Crippen LogP contribution in [0.4, 0.5) is 0 Å². The number of hydrogen-bond donors (Lipinski definition) is 1. The van der Waals surface area contributed by atoms with E-state index in [2.05, 4.69) is 10.3 Å². The Labute approximate surface area is 160 Å². The molecule has 1 heterocycles. The Bertz CT molecular complexity index is 704. The van der Waals surface area contributed by atoms with E-state index in [1.54, 1.807) is 30.2 Å². The van der Waals surface area contributed by atoms with Crippen molar-refractivity contribution < 1.29 is 13.2 Å². The Morgan fingerprint density at radius 1 is 1.35 bits per heavy atom. The number of sulfonamides is 1. The number of para-hydroxylation sites is 1. The van der Waals surface area contributed by atoms with Crippen molar-refractivity contribution in [3.8, 4) is 5.75 Å². The second-order valence-electron chi connectivity index (χ2n) is 5.97. The fourth-order valence-electron chi connectivity index (χ4n) is 2.79. The van der Waals surface area contributed by atoms with Gasteiger partial charge in [-0.1, -0.05) is 18.2 Å². The third-order valence-electron chi connectivity index (χ3n) is 4.18. The molecule has 9 heteroatoms. The lowest BCUT2D eigenvalue weighted by atomic mass is 10.2. The van der Waals surface area contributed by atoms with Crippen molar-refractivity contribution in [1.29, 1.82) is 0 Å². The number of nitrogens with zero attached hydrogens (tertiary/aromatic N) is 3. The lowest BCUT2D eigenvalue weighted by Crippen LogP contribution is -2.44. The number of ether oxygens (including phenoxy) is 1. The molecule has 0 amide bonds. The first-order valence-electron chi connectivity index (χ1n) is 8.57. The third-order valence-corrected chi connectivity index (χ3v) is 6.99. The highest BCUT2D eigenvalue weighted by atomic mass is 32.2. The van der Waals surface area contributed by atoms with Gasteiger partial charge in [-0.15, -0.1) is 0 Å². The molecule has 1 aromatic carbocycles. The highest BCUT2D eigenvalue weighted by molar-refractivity contribution is 7.99. The Morgan fingerprint density at radius 2 is 2.04 bits per heavy atom. The summed E-state index contributed by atoms with van der Waals surface area (Å²) in [5.74, 6) is 3.28. The summed E-state index contributed by atoms with van der Waals surface area (Å²) in [5.41, 5.74) is 1.04. The quantitative estimate of drug-likeness (QED) is 0.545. The average Bonchev–Trinajstić information content (AvgIpc) is 2.66. The maximum Gasteiger partial charge on any atom is 0.215 e. The van der Waals surface area contributed by atoms with Crippen LogP contribution in [-0.2, 0) is 16.6 Å². The van der Waals surface area contributed by atoms with E-state index in [-0.39, 0.29) is 5.75 Å². The SMILES string of the molecule is CN=C(NCCS(=O)(=O)N1CCSCC1)N(C)Cc1ccccc1OC. The van der Waals surface area contributed by atoms with Crippen LogP contribution in [0.3, 0.4) is 0 Å². The topological polar surface area (TPSA) is 74.2 Å². The minimum absolute atomic E-state index is 0.0686. The zero-order chi connectivity index (χ0) is 19.0. The number of thioether (sulfide) groups is 1. The molecular formula is C17H28N4O3S2. The summed E-state index contributed by atoms with van der Waals surface area (Å²) in [6.45, 7) is 2.15. The van der Waals surface area contributed by atoms with Crippen molar-refractivity contribution in [2.45, 2.75) is 6.54 Å². The fraction of sp³-hybridized carbons (Fsp3) is 0.588. The molecule has 1 fully saturated rings. The van der Waals surface area contributed by atoms with Crippen LogP contribution in [-0.4, -0.2) is 81.7 Å². The summed E-state index contributed by atoms with van der Waals surface area (Å²) >= 11 is 1.80. The van der Waals surface area contributed by atoms with Gasteiger partial charge in [0.05, 0.1) is 12.9 Å². The van der Waals surface area contributed by atoms with Gasteiger partial charge in [0.15, 0.2) is 5.96 Å². The standard InChI is InChI=1S/C17H28N4O3S2/c1-18-17(20(2)14-15-6-4-5-7-16(15)24-3)19-8-13-26(22,23)21-9-11-25-12-10-21/h4-7H,8-14H2,1-3H3,(H,18,19). The molecule has 0 aromatic heterocycles. The number of benzene rings is 1. The van der Waals surface area contributed by atoms with E-state index < -0.39 is 10.0 Å². The molecule has 0 aliphatic carbocycles. The van der Waals surface area contributed by atoms with Crippen LogP contribution in [0.25, 0.3) is 0 Å². The number of nitrogens with one attached hydrogen (secondary N) is 1. The first kappa shape index (κ1) is 20.9. The largest absolute Gasteiger partial charge is 0.496 e. The monoisotopic (exact) mass is 400 g/mol. The van der Waals surface area contributed by atoms with Gasteiger partial charge in [0.1, 0.15) is 5.75 Å². The molecule has 1 saturated heterocycles. The summed E-state index contributed by atoms with van der Waals surface area (Å²) in [4.78, 5) is 6.20. The highest BCUT2D eigenvalue weighted by Gasteiger charge is 2.23. The predicted octanol–water partition coefficient (Wildman–Crippen LogP) is 1.08. The van der Waals surface area contributed by atoms with Crippen LogP contribution < -0.4 is 10.1 Å². The van der Waals surface area contributed by atoms with E-state index in [1.165, 1.54) is 0 Å². The Hall–Kier alpha value is -1.45. The van der Waals surface area contributed by atoms with Crippen molar-refractivity contribution in [2.24, 2.45) is 4.99 Å². The lowest BCUT2D eigenvalue weighted by Gasteiger charge is -2.26. The highest BCUT2D eigenvalue weighted by Crippen LogP contribution is 2.18. The summed E-state index contributed by atoms with van der Waals surface area (Å²) < 4.78 is 31.8. The predicted molar refractivity (Wildman–Crippen MR) is 109 cm³/mol. The van der Waals surface area contributed by atoms with Crippen molar-refractivity contribution in [2.75, 3.05) is 58.1 Å². The molecule has 0 spiro atoms. The van der Waals surface area contributed by atoms with E-state index in [9.17, 15) is 8.42 Å². The van der Waals surface area contributed by atoms with E-state index in [0.29, 0.717) is 32.1 Å². The Kier molecular flexibility index (Phi) is 8.05. The fourth-order valence-corrected chi connectivity index (χ4v) is 5.29. The Morgan fingerprint density at radius 3 is 2.69 bits per heavy atom. The zero-order valence-corrected chi connectivity index (χ0v) is 17.3. The lowest BCUT2D eigenvalue weighted by molar-refractivity contribution is 0.396. The molecule has 2 rings (SSSR count). The van der Waals surface area contributed by atoms with Gasteiger partial charge in [-0.2, -0.15) is 11.8 Å². The van der Waals surface area contributed by atoms with Gasteiger partial charge < -0.3 is 15.0 Å². The van der Waals surface area contributed by atoms with Crippen LogP contribution in [0.2, 0.25) is 0 Å². The molecular weight excluding hydrogens is 372 g/mol. The molecule has 26 heavy (non-hydrogen) atoms. The summed E-state index contributed by atoms with van der Waals surface area (Å²) in [5, 5.41) is 3.15. The molecule has 0 saturated carbocycles. The molecule has 0 radical (unpaired) electrons. The summed E-state index contributed by atoms with van der Waals surface area (Å²) in [6.07, 6.45) is 0. The minimum Gasteiger partial charge on any atom is -0.496 e. The smallest absolute Gasteiger partial charge is 0.215 e. The molecule has 1 aliphatic heterocycles. The van der Waals surface area contributed by atoms with Gasteiger partial charge in [0, 0.05) is 57.3 Å². The number of aliphatic imine (C=N–C) groups is 1. The van der Waals surface area contributed by atoms with Crippen molar-refractivity contribution in [3.63, 3.8) is 0 Å². The normalized spacial score (nSPS) is 16.3. The second kappa shape index (κ2) is 10.0. The molecule has 1 N–H and O–H groups in total. The summed E-state index contributed by atoms with van der Waals surface area (Å²) in [6, 6.07) is 7.81. The second-order valence-corrected chi connectivity index (χ2v) is 9.28. The number of guanidine groups is 1.